The van der Waals surface area contributed by atoms with Gasteiger partial charge in [0, 0.05) is 50.2 Å². The Labute approximate surface area is 276 Å². The van der Waals surface area contributed by atoms with Crippen molar-refractivity contribution >= 4 is 17.9 Å². The third-order valence-electron chi connectivity index (χ3n) is 8.81. The van der Waals surface area contributed by atoms with Gasteiger partial charge < -0.3 is 9.80 Å². The first kappa shape index (κ1) is 32.4. The molecule has 3 heterocycles. The monoisotopic (exact) mass is 649 g/mol. The van der Waals surface area contributed by atoms with Crippen LogP contribution in [-0.4, -0.2) is 49.4 Å². The van der Waals surface area contributed by atoms with Gasteiger partial charge in [-0.2, -0.15) is 18.3 Å². The average Bonchev–Trinajstić information content (AvgIpc) is 3.66. The minimum atomic E-state index is -4.46. The van der Waals surface area contributed by atoms with E-state index in [2.05, 4.69) is 21.2 Å². The summed E-state index contributed by atoms with van der Waals surface area (Å²) in [5, 5.41) is 6.92. The summed E-state index contributed by atoms with van der Waals surface area (Å²) in [7, 11) is 0. The predicted octanol–water partition coefficient (Wildman–Crippen LogP) is 7.29. The standard InChI is InChI=1S/C38H34F3N5O2/c1-26(33-22-43-44-23-33)36(37(48)45-21-18-29-4-2-3-5-32(29)25-45)46(24-28-6-11-30(12-7-28)31-16-19-42-20-17-31)35(47)15-10-27-8-13-34(14-9-27)38(39,40)41/h2-17,19-20,22-23,26,36H,18,21,24-25H2,1H3,(H,43,44). The van der Waals surface area contributed by atoms with Crippen molar-refractivity contribution in [2.75, 3.05) is 6.54 Å². The zero-order valence-electron chi connectivity index (χ0n) is 26.3. The lowest BCUT2D eigenvalue weighted by Crippen LogP contribution is -2.53. The summed E-state index contributed by atoms with van der Waals surface area (Å²) in [6.45, 7) is 2.95. The molecule has 48 heavy (non-hydrogen) atoms. The van der Waals surface area contributed by atoms with Crippen LogP contribution in [0.25, 0.3) is 17.2 Å². The van der Waals surface area contributed by atoms with Crippen molar-refractivity contribution in [1.82, 2.24) is 25.0 Å². The highest BCUT2D eigenvalue weighted by atomic mass is 19.4. The highest BCUT2D eigenvalue weighted by Gasteiger charge is 2.38. The number of carbonyl (C=O) groups is 2. The van der Waals surface area contributed by atoms with Gasteiger partial charge in [0.2, 0.25) is 11.8 Å². The molecule has 2 unspecified atom stereocenters. The van der Waals surface area contributed by atoms with Crippen LogP contribution in [0, 0.1) is 0 Å². The molecule has 0 radical (unpaired) electrons. The van der Waals surface area contributed by atoms with Crippen molar-refractivity contribution in [1.29, 1.82) is 0 Å². The largest absolute Gasteiger partial charge is 0.416 e. The van der Waals surface area contributed by atoms with Gasteiger partial charge in [-0.15, -0.1) is 0 Å². The number of nitrogens with one attached hydrogen (secondary N) is 1. The second-order valence-electron chi connectivity index (χ2n) is 11.9. The van der Waals surface area contributed by atoms with E-state index in [1.807, 2.05) is 61.5 Å². The number of alkyl halides is 3. The molecule has 1 N–H and O–H groups in total. The Morgan fingerprint density at radius 3 is 2.29 bits per heavy atom. The Kier molecular flexibility index (Phi) is 9.52. The van der Waals surface area contributed by atoms with E-state index >= 15 is 0 Å². The van der Waals surface area contributed by atoms with E-state index in [-0.39, 0.29) is 12.5 Å². The highest BCUT2D eigenvalue weighted by Crippen LogP contribution is 2.31. The molecule has 2 atom stereocenters. The molecule has 0 fully saturated rings. The zero-order valence-corrected chi connectivity index (χ0v) is 26.3. The van der Waals surface area contributed by atoms with Crippen LogP contribution in [0.5, 0.6) is 0 Å². The fourth-order valence-electron chi connectivity index (χ4n) is 6.08. The number of amides is 2. The topological polar surface area (TPSA) is 82.2 Å². The molecule has 1 aliphatic rings. The van der Waals surface area contributed by atoms with E-state index in [1.54, 1.807) is 34.6 Å². The lowest BCUT2D eigenvalue weighted by molar-refractivity contribution is -0.145. The van der Waals surface area contributed by atoms with E-state index < -0.39 is 29.6 Å². The molecule has 0 saturated carbocycles. The average molecular weight is 650 g/mol. The SMILES string of the molecule is CC(c1cn[nH]c1)C(C(=O)N1CCc2ccccc2C1)N(Cc1ccc(-c2ccncc2)cc1)C(=O)C=Cc1ccc(C(F)(F)F)cc1. The van der Waals surface area contributed by atoms with Gasteiger partial charge in [0.1, 0.15) is 6.04 Å². The van der Waals surface area contributed by atoms with Gasteiger partial charge in [0.15, 0.2) is 0 Å². The maximum absolute atomic E-state index is 14.6. The number of halogens is 3. The number of nitrogens with zero attached hydrogens (tertiary/aromatic N) is 4. The minimum absolute atomic E-state index is 0.121. The first-order valence-electron chi connectivity index (χ1n) is 15.7. The lowest BCUT2D eigenvalue weighted by atomic mass is 9.91. The van der Waals surface area contributed by atoms with Crippen LogP contribution < -0.4 is 0 Å². The van der Waals surface area contributed by atoms with Crippen molar-refractivity contribution in [2.45, 2.75) is 44.6 Å². The van der Waals surface area contributed by atoms with E-state index in [0.717, 1.165) is 39.9 Å². The molecule has 3 aromatic carbocycles. The number of rotatable bonds is 9. The molecule has 2 amide bonds. The second kappa shape index (κ2) is 14.1. The van der Waals surface area contributed by atoms with E-state index in [4.69, 9.17) is 0 Å². The molecular formula is C38H34F3N5O2. The van der Waals surface area contributed by atoms with Gasteiger partial charge >= 0.3 is 6.18 Å². The summed E-state index contributed by atoms with van der Waals surface area (Å²) in [6.07, 6.45) is 5.85. The van der Waals surface area contributed by atoms with E-state index in [1.165, 1.54) is 29.8 Å². The lowest BCUT2D eigenvalue weighted by Gasteiger charge is -2.39. The molecule has 6 rings (SSSR count). The third-order valence-corrected chi connectivity index (χ3v) is 8.81. The van der Waals surface area contributed by atoms with Crippen molar-refractivity contribution in [3.8, 4) is 11.1 Å². The number of aromatic amines is 1. The van der Waals surface area contributed by atoms with Gasteiger partial charge in [-0.25, -0.2) is 0 Å². The summed E-state index contributed by atoms with van der Waals surface area (Å²) in [5.74, 6) is -1.07. The van der Waals surface area contributed by atoms with Crippen molar-refractivity contribution in [3.05, 3.63) is 149 Å². The van der Waals surface area contributed by atoms with Crippen molar-refractivity contribution in [2.24, 2.45) is 0 Å². The number of hydrogen-bond donors (Lipinski definition) is 1. The maximum Gasteiger partial charge on any atom is 0.416 e. The number of aromatic nitrogens is 3. The molecule has 10 heteroatoms. The Bertz CT molecular complexity index is 1870. The van der Waals surface area contributed by atoms with Crippen molar-refractivity contribution in [3.63, 3.8) is 0 Å². The van der Waals surface area contributed by atoms with Gasteiger partial charge in [0.25, 0.3) is 0 Å². The molecule has 0 spiro atoms. The molecule has 244 valence electrons. The predicted molar refractivity (Wildman–Crippen MR) is 177 cm³/mol. The zero-order chi connectivity index (χ0) is 33.7. The molecule has 0 saturated heterocycles. The van der Waals surface area contributed by atoms with E-state index in [0.29, 0.717) is 25.1 Å². The Balaban J connectivity index is 1.35. The normalized spacial score (nSPS) is 14.4. The smallest absolute Gasteiger partial charge is 0.336 e. The van der Waals surface area contributed by atoms with Gasteiger partial charge in [-0.3, -0.25) is 19.7 Å². The summed E-state index contributed by atoms with van der Waals surface area (Å²) in [4.78, 5) is 36.2. The number of carbonyl (C=O) groups excluding carboxylic acids is 2. The Hall–Kier alpha value is -5.51. The third kappa shape index (κ3) is 7.38. The quantitative estimate of drug-likeness (QED) is 0.170. The van der Waals surface area contributed by atoms with E-state index in [9.17, 15) is 22.8 Å². The molecule has 0 aliphatic carbocycles. The minimum Gasteiger partial charge on any atom is -0.336 e. The summed E-state index contributed by atoms with van der Waals surface area (Å²) in [6, 6.07) is 23.3. The highest BCUT2D eigenvalue weighted by molar-refractivity contribution is 5.96. The summed E-state index contributed by atoms with van der Waals surface area (Å²) < 4.78 is 39.4. The number of benzene rings is 3. The first-order chi connectivity index (χ1) is 23.2. The Morgan fingerprint density at radius 2 is 1.62 bits per heavy atom. The summed E-state index contributed by atoms with van der Waals surface area (Å²) >= 11 is 0. The number of hydrogen-bond acceptors (Lipinski definition) is 4. The Morgan fingerprint density at radius 1 is 0.938 bits per heavy atom. The molecule has 7 nitrogen and oxygen atoms in total. The fraction of sp³-hybridized carbons (Fsp3) is 0.211. The molecule has 2 aromatic heterocycles. The van der Waals surface area contributed by atoms with Crippen LogP contribution in [-0.2, 0) is 35.3 Å². The van der Waals surface area contributed by atoms with Gasteiger partial charge in [0.05, 0.1) is 11.8 Å². The molecule has 1 aliphatic heterocycles. The van der Waals surface area contributed by atoms with Crippen LogP contribution in [0.1, 0.15) is 46.2 Å². The number of H-pyrrole nitrogens is 1. The van der Waals surface area contributed by atoms with Crippen molar-refractivity contribution < 1.29 is 22.8 Å². The number of pyridine rings is 1. The maximum atomic E-state index is 14.6. The van der Waals surface area contributed by atoms with Gasteiger partial charge in [-0.1, -0.05) is 67.6 Å². The van der Waals surface area contributed by atoms with Crippen LogP contribution in [0.4, 0.5) is 13.2 Å². The van der Waals surface area contributed by atoms with Crippen LogP contribution >= 0.6 is 0 Å². The molecule has 0 bridgehead atoms. The van der Waals surface area contributed by atoms with Crippen LogP contribution in [0.3, 0.4) is 0 Å². The molecule has 5 aromatic rings. The fourth-order valence-corrected chi connectivity index (χ4v) is 6.08. The number of fused-ring (bicyclic) bond motifs is 1. The van der Waals surface area contributed by atoms with Crippen LogP contribution in [0.15, 0.2) is 116 Å². The van der Waals surface area contributed by atoms with Crippen LogP contribution in [0.2, 0.25) is 0 Å². The second-order valence-corrected chi connectivity index (χ2v) is 11.9. The molecular weight excluding hydrogens is 615 g/mol. The summed E-state index contributed by atoms with van der Waals surface area (Å²) in [5.41, 5.74) is 5.47. The first-order valence-corrected chi connectivity index (χ1v) is 15.7. The van der Waals surface area contributed by atoms with Gasteiger partial charge in [-0.05, 0) is 75.7 Å².